The van der Waals surface area contributed by atoms with Crippen LogP contribution in [-0.2, 0) is 9.59 Å². The zero-order valence-corrected chi connectivity index (χ0v) is 13.3. The van der Waals surface area contributed by atoms with Gasteiger partial charge >= 0.3 is 0 Å². The topological polar surface area (TPSA) is 62.3 Å². The van der Waals surface area contributed by atoms with Crippen molar-refractivity contribution in [3.63, 3.8) is 0 Å². The molecule has 2 aromatic rings. The molecule has 23 heavy (non-hydrogen) atoms. The van der Waals surface area contributed by atoms with Crippen molar-refractivity contribution < 1.29 is 9.59 Å². The van der Waals surface area contributed by atoms with Crippen LogP contribution >= 0.6 is 0 Å². The maximum absolute atomic E-state index is 12.3. The second kappa shape index (κ2) is 6.77. The maximum Gasteiger partial charge on any atom is 0.233 e. The lowest BCUT2D eigenvalue weighted by Crippen LogP contribution is -2.40. The standard InChI is InChI=1S/C18H21N3O2/c1-13-5-4-10-21(12-13)17(23)11-16(22)20-15-8-2-6-14-7-3-9-19-18(14)15/h2-3,6-9,13H,4-5,10-12H2,1H3,(H,20,22). The van der Waals surface area contributed by atoms with E-state index in [4.69, 9.17) is 0 Å². The number of hydrogen-bond donors (Lipinski definition) is 1. The Kier molecular flexibility index (Phi) is 4.55. The SMILES string of the molecule is CC1CCCN(C(=O)CC(=O)Nc2cccc3cccnc23)C1. The summed E-state index contributed by atoms with van der Waals surface area (Å²) in [6.07, 6.45) is 3.74. The monoisotopic (exact) mass is 311 g/mol. The zero-order valence-electron chi connectivity index (χ0n) is 13.3. The van der Waals surface area contributed by atoms with Gasteiger partial charge < -0.3 is 10.2 Å². The molecule has 3 rings (SSSR count). The Morgan fingerprint density at radius 2 is 2.13 bits per heavy atom. The van der Waals surface area contributed by atoms with Gasteiger partial charge in [-0.15, -0.1) is 0 Å². The van der Waals surface area contributed by atoms with Crippen LogP contribution in [0.3, 0.4) is 0 Å². The Morgan fingerprint density at radius 1 is 1.30 bits per heavy atom. The van der Waals surface area contributed by atoms with E-state index >= 15 is 0 Å². The van der Waals surface area contributed by atoms with E-state index in [1.54, 1.807) is 17.2 Å². The number of nitrogens with one attached hydrogen (secondary N) is 1. The molecular formula is C18H21N3O2. The molecule has 2 heterocycles. The van der Waals surface area contributed by atoms with Crippen molar-refractivity contribution in [1.29, 1.82) is 0 Å². The number of amides is 2. The van der Waals surface area contributed by atoms with Crippen LogP contribution < -0.4 is 5.32 Å². The number of fused-ring (bicyclic) bond motifs is 1. The summed E-state index contributed by atoms with van der Waals surface area (Å²) in [5.74, 6) is 0.131. The highest BCUT2D eigenvalue weighted by Gasteiger charge is 2.22. The van der Waals surface area contributed by atoms with Gasteiger partial charge in [0.15, 0.2) is 0 Å². The summed E-state index contributed by atoms with van der Waals surface area (Å²) in [6, 6.07) is 9.42. The van der Waals surface area contributed by atoms with E-state index in [-0.39, 0.29) is 18.2 Å². The molecule has 1 N–H and O–H groups in total. The third kappa shape index (κ3) is 3.67. The van der Waals surface area contributed by atoms with Crippen LogP contribution in [0.25, 0.3) is 10.9 Å². The highest BCUT2D eigenvalue weighted by Crippen LogP contribution is 2.21. The van der Waals surface area contributed by atoms with E-state index in [0.29, 0.717) is 11.6 Å². The average Bonchev–Trinajstić information content (AvgIpc) is 2.55. The first kappa shape index (κ1) is 15.5. The lowest BCUT2D eigenvalue weighted by atomic mass is 10.00. The second-order valence-electron chi connectivity index (χ2n) is 6.19. The van der Waals surface area contributed by atoms with E-state index in [9.17, 15) is 9.59 Å². The van der Waals surface area contributed by atoms with Gasteiger partial charge in [-0.25, -0.2) is 0 Å². The summed E-state index contributed by atoms with van der Waals surface area (Å²) in [6.45, 7) is 3.65. The van der Waals surface area contributed by atoms with Crippen molar-refractivity contribution in [2.45, 2.75) is 26.2 Å². The van der Waals surface area contributed by atoms with Gasteiger partial charge in [0.25, 0.3) is 0 Å². The fourth-order valence-electron chi connectivity index (χ4n) is 3.06. The van der Waals surface area contributed by atoms with Crippen LogP contribution in [0.15, 0.2) is 36.5 Å². The number of benzene rings is 1. The summed E-state index contributed by atoms with van der Waals surface area (Å²) in [7, 11) is 0. The van der Waals surface area contributed by atoms with Crippen molar-refractivity contribution in [2.24, 2.45) is 5.92 Å². The molecule has 5 nitrogen and oxygen atoms in total. The summed E-state index contributed by atoms with van der Waals surface area (Å²) >= 11 is 0. The number of piperidine rings is 1. The molecule has 1 fully saturated rings. The largest absolute Gasteiger partial charge is 0.342 e. The lowest BCUT2D eigenvalue weighted by Gasteiger charge is -2.30. The highest BCUT2D eigenvalue weighted by atomic mass is 16.2. The first-order valence-electron chi connectivity index (χ1n) is 8.05. The fourth-order valence-corrected chi connectivity index (χ4v) is 3.06. The molecule has 1 aliphatic heterocycles. The number of hydrogen-bond acceptors (Lipinski definition) is 3. The van der Waals surface area contributed by atoms with Crippen LogP contribution in [0, 0.1) is 5.92 Å². The molecule has 0 aliphatic carbocycles. The number of rotatable bonds is 3. The van der Waals surface area contributed by atoms with Gasteiger partial charge in [0.2, 0.25) is 11.8 Å². The van der Waals surface area contributed by atoms with E-state index in [1.165, 1.54) is 0 Å². The van der Waals surface area contributed by atoms with E-state index < -0.39 is 0 Å². The minimum Gasteiger partial charge on any atom is -0.342 e. The predicted octanol–water partition coefficient (Wildman–Crippen LogP) is 2.82. The van der Waals surface area contributed by atoms with Crippen LogP contribution in [0.2, 0.25) is 0 Å². The fraction of sp³-hybridized carbons (Fsp3) is 0.389. The summed E-state index contributed by atoms with van der Waals surface area (Å²) in [5.41, 5.74) is 1.38. The van der Waals surface area contributed by atoms with E-state index in [1.807, 2.05) is 24.3 Å². The minimum absolute atomic E-state index is 0.0951. The number of aromatic nitrogens is 1. The summed E-state index contributed by atoms with van der Waals surface area (Å²) in [5, 5.41) is 3.78. The van der Waals surface area contributed by atoms with Gasteiger partial charge in [-0.05, 0) is 30.9 Å². The number of carbonyl (C=O) groups is 2. The molecule has 0 radical (unpaired) electrons. The summed E-state index contributed by atoms with van der Waals surface area (Å²) < 4.78 is 0. The molecule has 5 heteroatoms. The molecule has 1 aromatic carbocycles. The molecule has 120 valence electrons. The molecule has 1 unspecified atom stereocenters. The molecule has 0 saturated carbocycles. The van der Waals surface area contributed by atoms with Crippen molar-refractivity contribution in [2.75, 3.05) is 18.4 Å². The predicted molar refractivity (Wildman–Crippen MR) is 90.0 cm³/mol. The van der Waals surface area contributed by atoms with Gasteiger partial charge in [-0.2, -0.15) is 0 Å². The van der Waals surface area contributed by atoms with Gasteiger partial charge in [0.1, 0.15) is 6.42 Å². The van der Waals surface area contributed by atoms with Gasteiger partial charge in [-0.1, -0.05) is 25.1 Å². The van der Waals surface area contributed by atoms with Crippen molar-refractivity contribution >= 4 is 28.4 Å². The van der Waals surface area contributed by atoms with Gasteiger partial charge in [0, 0.05) is 24.7 Å². The third-order valence-electron chi connectivity index (χ3n) is 4.23. The molecule has 1 atom stereocenters. The van der Waals surface area contributed by atoms with Crippen molar-refractivity contribution in [1.82, 2.24) is 9.88 Å². The van der Waals surface area contributed by atoms with Crippen LogP contribution in [-0.4, -0.2) is 34.8 Å². The minimum atomic E-state index is -0.286. The smallest absolute Gasteiger partial charge is 0.233 e. The Balaban J connectivity index is 1.65. The van der Waals surface area contributed by atoms with Crippen LogP contribution in [0.4, 0.5) is 5.69 Å². The Hall–Kier alpha value is -2.43. The first-order valence-corrected chi connectivity index (χ1v) is 8.05. The van der Waals surface area contributed by atoms with E-state index in [0.717, 1.165) is 36.8 Å². The number of nitrogens with zero attached hydrogens (tertiary/aromatic N) is 2. The lowest BCUT2D eigenvalue weighted by molar-refractivity contribution is -0.136. The number of anilines is 1. The number of pyridine rings is 1. The van der Waals surface area contributed by atoms with Crippen molar-refractivity contribution in [3.05, 3.63) is 36.5 Å². The van der Waals surface area contributed by atoms with Crippen LogP contribution in [0.1, 0.15) is 26.2 Å². The van der Waals surface area contributed by atoms with Crippen molar-refractivity contribution in [3.8, 4) is 0 Å². The number of para-hydroxylation sites is 1. The quantitative estimate of drug-likeness (QED) is 0.887. The Morgan fingerprint density at radius 3 is 2.96 bits per heavy atom. The second-order valence-corrected chi connectivity index (χ2v) is 6.19. The highest BCUT2D eigenvalue weighted by molar-refractivity contribution is 6.07. The third-order valence-corrected chi connectivity index (χ3v) is 4.23. The number of likely N-dealkylation sites (tertiary alicyclic amines) is 1. The maximum atomic E-state index is 12.3. The Labute approximate surface area is 135 Å². The first-order chi connectivity index (χ1) is 11.1. The molecule has 1 aliphatic rings. The normalized spacial score (nSPS) is 18.0. The summed E-state index contributed by atoms with van der Waals surface area (Å²) in [4.78, 5) is 30.6. The molecule has 0 bridgehead atoms. The van der Waals surface area contributed by atoms with Gasteiger partial charge in [0.05, 0.1) is 11.2 Å². The molecule has 0 spiro atoms. The Bertz CT molecular complexity index is 724. The molecule has 1 aromatic heterocycles. The zero-order chi connectivity index (χ0) is 16.2. The van der Waals surface area contributed by atoms with Crippen LogP contribution in [0.5, 0.6) is 0 Å². The van der Waals surface area contributed by atoms with E-state index in [2.05, 4.69) is 17.2 Å². The molecular weight excluding hydrogens is 290 g/mol. The van der Waals surface area contributed by atoms with Gasteiger partial charge in [-0.3, -0.25) is 14.6 Å². The average molecular weight is 311 g/mol. The number of carbonyl (C=O) groups excluding carboxylic acids is 2. The molecule has 1 saturated heterocycles. The molecule has 2 amide bonds.